The summed E-state index contributed by atoms with van der Waals surface area (Å²) in [6, 6.07) is 18.7. The van der Waals surface area contributed by atoms with Gasteiger partial charge in [-0.25, -0.2) is 4.39 Å². The Morgan fingerprint density at radius 1 is 0.846 bits per heavy atom. The van der Waals surface area contributed by atoms with Gasteiger partial charge in [0.1, 0.15) is 5.82 Å². The average molecular weight is 353 g/mol. The minimum atomic E-state index is -0.158. The number of para-hydroxylation sites is 1. The highest BCUT2D eigenvalue weighted by Gasteiger charge is 2.28. The molecule has 4 heteroatoms. The van der Waals surface area contributed by atoms with E-state index in [1.807, 2.05) is 12.1 Å². The van der Waals surface area contributed by atoms with E-state index >= 15 is 0 Å². The number of nitrogens with one attached hydrogen (secondary N) is 1. The first kappa shape index (κ1) is 17.3. The normalized spacial score (nSPS) is 22.3. The predicted molar refractivity (Wildman–Crippen MR) is 106 cm³/mol. The van der Waals surface area contributed by atoms with Crippen LogP contribution in [0.3, 0.4) is 0 Å². The van der Waals surface area contributed by atoms with Crippen LogP contribution in [0.1, 0.15) is 25.7 Å². The highest BCUT2D eigenvalue weighted by molar-refractivity contribution is 5.46. The maximum absolute atomic E-state index is 13.1. The second-order valence-electron chi connectivity index (χ2n) is 7.54. The van der Waals surface area contributed by atoms with Crippen LogP contribution in [0.4, 0.5) is 15.8 Å². The van der Waals surface area contributed by atoms with Crippen LogP contribution >= 0.6 is 0 Å². The van der Waals surface area contributed by atoms with E-state index in [1.165, 1.54) is 37.9 Å². The van der Waals surface area contributed by atoms with Gasteiger partial charge in [0.15, 0.2) is 0 Å². The van der Waals surface area contributed by atoms with Crippen LogP contribution in [-0.2, 0) is 0 Å². The number of benzene rings is 2. The maximum atomic E-state index is 13.1. The van der Waals surface area contributed by atoms with E-state index in [0.717, 1.165) is 25.3 Å². The van der Waals surface area contributed by atoms with E-state index in [-0.39, 0.29) is 5.82 Å². The number of hydrogen-bond acceptors (Lipinski definition) is 3. The standard InChI is InChI=1S/C22H28FN3/c23-18-8-10-21(11-9-18)25-15-12-22(13-16-25)26-14-4-7-20(17-26)24-19-5-2-1-3-6-19/h1-3,5-6,8-11,20,22,24H,4,7,12-17H2/t20-/m0/s1. The second-order valence-corrected chi connectivity index (χ2v) is 7.54. The summed E-state index contributed by atoms with van der Waals surface area (Å²) in [4.78, 5) is 5.08. The van der Waals surface area contributed by atoms with Crippen LogP contribution in [0.5, 0.6) is 0 Å². The third-order valence-electron chi connectivity index (χ3n) is 5.77. The van der Waals surface area contributed by atoms with Crippen LogP contribution < -0.4 is 10.2 Å². The maximum Gasteiger partial charge on any atom is 0.123 e. The first-order valence-electron chi connectivity index (χ1n) is 9.84. The van der Waals surface area contributed by atoms with E-state index in [4.69, 9.17) is 0 Å². The van der Waals surface area contributed by atoms with Crippen LogP contribution in [0.2, 0.25) is 0 Å². The number of hydrogen-bond donors (Lipinski definition) is 1. The SMILES string of the molecule is Fc1ccc(N2CCC(N3CCC[C@H](Nc4ccccc4)C3)CC2)cc1. The number of anilines is 2. The number of likely N-dealkylation sites (tertiary alicyclic amines) is 1. The molecule has 2 saturated heterocycles. The average Bonchev–Trinajstić information content (AvgIpc) is 2.70. The van der Waals surface area contributed by atoms with Gasteiger partial charge in [-0.05, 0) is 68.6 Å². The lowest BCUT2D eigenvalue weighted by atomic mass is 9.97. The Bertz CT molecular complexity index is 680. The minimum absolute atomic E-state index is 0.158. The van der Waals surface area contributed by atoms with Gasteiger partial charge < -0.3 is 10.2 Å². The lowest BCUT2D eigenvalue weighted by Crippen LogP contribution is -2.51. The highest BCUT2D eigenvalue weighted by atomic mass is 19.1. The molecule has 4 rings (SSSR count). The van der Waals surface area contributed by atoms with Gasteiger partial charge in [0.2, 0.25) is 0 Å². The Balaban J connectivity index is 1.30. The molecule has 0 aliphatic carbocycles. The zero-order valence-corrected chi connectivity index (χ0v) is 15.3. The summed E-state index contributed by atoms with van der Waals surface area (Å²) in [6.07, 6.45) is 4.90. The van der Waals surface area contributed by atoms with Gasteiger partial charge in [-0.15, -0.1) is 0 Å². The van der Waals surface area contributed by atoms with Crippen molar-refractivity contribution in [3.8, 4) is 0 Å². The van der Waals surface area contributed by atoms with Gasteiger partial charge in [-0.3, -0.25) is 4.90 Å². The number of rotatable bonds is 4. The Morgan fingerprint density at radius 3 is 2.31 bits per heavy atom. The molecule has 138 valence electrons. The molecule has 1 N–H and O–H groups in total. The van der Waals surface area contributed by atoms with E-state index in [1.54, 1.807) is 12.1 Å². The first-order chi connectivity index (χ1) is 12.8. The fraction of sp³-hybridized carbons (Fsp3) is 0.455. The van der Waals surface area contributed by atoms with Crippen molar-refractivity contribution in [2.75, 3.05) is 36.4 Å². The van der Waals surface area contributed by atoms with E-state index in [0.29, 0.717) is 12.1 Å². The summed E-state index contributed by atoms with van der Waals surface area (Å²) in [7, 11) is 0. The van der Waals surface area contributed by atoms with Gasteiger partial charge in [0, 0.05) is 43.1 Å². The van der Waals surface area contributed by atoms with Crippen LogP contribution in [-0.4, -0.2) is 43.2 Å². The van der Waals surface area contributed by atoms with Crippen molar-refractivity contribution < 1.29 is 4.39 Å². The molecule has 1 atom stereocenters. The molecule has 2 fully saturated rings. The molecule has 0 bridgehead atoms. The van der Waals surface area contributed by atoms with Crippen LogP contribution in [0.25, 0.3) is 0 Å². The fourth-order valence-corrected chi connectivity index (χ4v) is 4.37. The molecule has 2 aromatic carbocycles. The molecule has 3 nitrogen and oxygen atoms in total. The van der Waals surface area contributed by atoms with Gasteiger partial charge in [-0.1, -0.05) is 18.2 Å². The molecule has 2 aliphatic heterocycles. The molecular weight excluding hydrogens is 325 g/mol. The summed E-state index contributed by atoms with van der Waals surface area (Å²) in [6.45, 7) is 4.47. The second kappa shape index (κ2) is 8.09. The number of halogens is 1. The lowest BCUT2D eigenvalue weighted by molar-refractivity contribution is 0.134. The predicted octanol–water partition coefficient (Wildman–Crippen LogP) is 4.37. The summed E-state index contributed by atoms with van der Waals surface area (Å²) in [5, 5.41) is 3.70. The Hall–Kier alpha value is -2.07. The third-order valence-corrected chi connectivity index (χ3v) is 5.77. The van der Waals surface area contributed by atoms with E-state index in [2.05, 4.69) is 45.4 Å². The van der Waals surface area contributed by atoms with Crippen LogP contribution in [0, 0.1) is 5.82 Å². The molecule has 0 unspecified atom stereocenters. The van der Waals surface area contributed by atoms with Gasteiger partial charge in [0.05, 0.1) is 0 Å². The van der Waals surface area contributed by atoms with E-state index in [9.17, 15) is 4.39 Å². The monoisotopic (exact) mass is 353 g/mol. The van der Waals surface area contributed by atoms with Gasteiger partial charge >= 0.3 is 0 Å². The topological polar surface area (TPSA) is 18.5 Å². The minimum Gasteiger partial charge on any atom is -0.381 e. The molecule has 0 radical (unpaired) electrons. The van der Waals surface area contributed by atoms with Crippen molar-refractivity contribution in [2.24, 2.45) is 0 Å². The highest BCUT2D eigenvalue weighted by Crippen LogP contribution is 2.25. The summed E-state index contributed by atoms with van der Waals surface area (Å²) < 4.78 is 13.1. The van der Waals surface area contributed by atoms with Crippen molar-refractivity contribution >= 4 is 11.4 Å². The third kappa shape index (κ3) is 4.18. The quantitative estimate of drug-likeness (QED) is 0.880. The fourth-order valence-electron chi connectivity index (χ4n) is 4.37. The molecule has 2 aromatic rings. The van der Waals surface area contributed by atoms with Gasteiger partial charge in [-0.2, -0.15) is 0 Å². The van der Waals surface area contributed by atoms with Crippen molar-refractivity contribution in [1.82, 2.24) is 4.90 Å². The Kier molecular flexibility index (Phi) is 5.40. The first-order valence-corrected chi connectivity index (χ1v) is 9.84. The molecule has 2 aliphatic rings. The number of piperidine rings is 2. The van der Waals surface area contributed by atoms with Crippen molar-refractivity contribution in [2.45, 2.75) is 37.8 Å². The van der Waals surface area contributed by atoms with Crippen LogP contribution in [0.15, 0.2) is 54.6 Å². The molecule has 2 heterocycles. The Morgan fingerprint density at radius 2 is 1.58 bits per heavy atom. The summed E-state index contributed by atoms with van der Waals surface area (Å²) >= 11 is 0. The smallest absolute Gasteiger partial charge is 0.123 e. The molecular formula is C22H28FN3. The zero-order chi connectivity index (χ0) is 17.8. The van der Waals surface area contributed by atoms with E-state index < -0.39 is 0 Å². The number of nitrogens with zero attached hydrogens (tertiary/aromatic N) is 2. The zero-order valence-electron chi connectivity index (χ0n) is 15.3. The van der Waals surface area contributed by atoms with Crippen molar-refractivity contribution in [3.05, 3.63) is 60.4 Å². The molecule has 0 spiro atoms. The molecule has 0 saturated carbocycles. The molecule has 0 aromatic heterocycles. The van der Waals surface area contributed by atoms with Crippen molar-refractivity contribution in [3.63, 3.8) is 0 Å². The largest absolute Gasteiger partial charge is 0.381 e. The Labute approximate surface area is 155 Å². The summed E-state index contributed by atoms with van der Waals surface area (Å²) in [5.41, 5.74) is 2.37. The molecule has 26 heavy (non-hydrogen) atoms. The molecule has 0 amide bonds. The lowest BCUT2D eigenvalue weighted by Gasteiger charge is -2.43. The van der Waals surface area contributed by atoms with Crippen molar-refractivity contribution in [1.29, 1.82) is 0 Å². The van der Waals surface area contributed by atoms with Gasteiger partial charge in [0.25, 0.3) is 0 Å². The summed E-state index contributed by atoms with van der Waals surface area (Å²) in [5.74, 6) is -0.158.